The number of nitrogens with one attached hydrogen (secondary N) is 2. The maximum Gasteiger partial charge on any atom is 0.264 e. The van der Waals surface area contributed by atoms with E-state index in [4.69, 9.17) is 10.5 Å². The van der Waals surface area contributed by atoms with Crippen molar-refractivity contribution in [2.75, 3.05) is 18.5 Å². The van der Waals surface area contributed by atoms with E-state index in [9.17, 15) is 19.2 Å². The lowest BCUT2D eigenvalue weighted by Gasteiger charge is -2.27. The molecular formula is C25H28N4O5. The van der Waals surface area contributed by atoms with Gasteiger partial charge in [0, 0.05) is 25.2 Å². The Morgan fingerprint density at radius 3 is 2.65 bits per heavy atom. The highest BCUT2D eigenvalue weighted by atomic mass is 16.5. The largest absolute Gasteiger partial charge is 0.494 e. The molecule has 2 aromatic carbocycles. The van der Waals surface area contributed by atoms with Gasteiger partial charge in [-0.2, -0.15) is 0 Å². The van der Waals surface area contributed by atoms with Crippen molar-refractivity contribution in [2.24, 2.45) is 5.73 Å². The van der Waals surface area contributed by atoms with Gasteiger partial charge in [0.2, 0.25) is 11.8 Å². The van der Waals surface area contributed by atoms with Gasteiger partial charge in [0.25, 0.3) is 11.8 Å². The summed E-state index contributed by atoms with van der Waals surface area (Å²) in [5.41, 5.74) is 7.80. The minimum absolute atomic E-state index is 0.0943. The van der Waals surface area contributed by atoms with Gasteiger partial charge in [-0.05, 0) is 55.5 Å². The first-order chi connectivity index (χ1) is 16.5. The molecule has 2 heterocycles. The van der Waals surface area contributed by atoms with Crippen LogP contribution < -0.4 is 21.1 Å². The zero-order valence-corrected chi connectivity index (χ0v) is 18.8. The van der Waals surface area contributed by atoms with Gasteiger partial charge >= 0.3 is 0 Å². The molecule has 1 saturated heterocycles. The molecule has 0 bridgehead atoms. The molecule has 0 aliphatic carbocycles. The molecule has 4 N–H and O–H groups in total. The van der Waals surface area contributed by atoms with E-state index in [2.05, 4.69) is 10.6 Å². The van der Waals surface area contributed by atoms with Gasteiger partial charge in [0.15, 0.2) is 0 Å². The van der Waals surface area contributed by atoms with E-state index in [1.165, 1.54) is 0 Å². The average Bonchev–Trinajstić information content (AvgIpc) is 3.09. The van der Waals surface area contributed by atoms with Crippen molar-refractivity contribution in [3.8, 4) is 5.75 Å². The number of piperidine rings is 1. The smallest absolute Gasteiger partial charge is 0.264 e. The highest BCUT2D eigenvalue weighted by Gasteiger charge is 2.45. The molecule has 4 rings (SSSR count). The lowest BCUT2D eigenvalue weighted by Crippen LogP contribution is -2.54. The Hall–Kier alpha value is -3.72. The number of anilines is 1. The Bertz CT molecular complexity index is 1120. The molecule has 0 aromatic heterocycles. The molecule has 2 aromatic rings. The van der Waals surface area contributed by atoms with E-state index in [1.807, 2.05) is 24.3 Å². The molecule has 4 amide bonds. The van der Waals surface area contributed by atoms with Crippen LogP contribution in [-0.2, 0) is 16.1 Å². The molecule has 9 heteroatoms. The minimum Gasteiger partial charge on any atom is -0.494 e. The van der Waals surface area contributed by atoms with Gasteiger partial charge in [-0.25, -0.2) is 0 Å². The van der Waals surface area contributed by atoms with Gasteiger partial charge in [0.05, 0.1) is 17.7 Å². The Morgan fingerprint density at radius 2 is 1.85 bits per heavy atom. The Morgan fingerprint density at radius 1 is 1.03 bits per heavy atom. The van der Waals surface area contributed by atoms with Crippen LogP contribution in [0.3, 0.4) is 0 Å². The van der Waals surface area contributed by atoms with E-state index in [-0.39, 0.29) is 24.0 Å². The zero-order valence-electron chi connectivity index (χ0n) is 18.8. The fourth-order valence-electron chi connectivity index (χ4n) is 4.24. The molecule has 178 valence electrons. The summed E-state index contributed by atoms with van der Waals surface area (Å²) in [6.07, 6.45) is 2.89. The number of rotatable bonds is 10. The monoisotopic (exact) mass is 464 g/mol. The third-order valence-corrected chi connectivity index (χ3v) is 6.01. The molecular weight excluding hydrogens is 436 g/mol. The number of unbranched alkanes of at least 4 members (excludes halogenated alkanes) is 2. The summed E-state index contributed by atoms with van der Waals surface area (Å²) in [6, 6.07) is 11.8. The minimum atomic E-state index is -0.969. The standard InChI is InChI=1S/C25H28N4O5/c26-15-16-6-4-7-17(14-16)34-13-3-1-2-12-27-19-9-5-8-18-22(19)25(33)29(24(18)32)20-10-11-21(30)28-23(20)31/h4-9,14,20,27H,1-3,10-13,15,26H2,(H,28,30,31). The van der Waals surface area contributed by atoms with Crippen LogP contribution in [0.4, 0.5) is 5.69 Å². The van der Waals surface area contributed by atoms with E-state index < -0.39 is 29.7 Å². The van der Waals surface area contributed by atoms with Crippen molar-refractivity contribution in [3.05, 3.63) is 59.2 Å². The summed E-state index contributed by atoms with van der Waals surface area (Å²) in [7, 11) is 0. The van der Waals surface area contributed by atoms with Crippen LogP contribution in [0.1, 0.15) is 58.4 Å². The molecule has 1 unspecified atom stereocenters. The molecule has 1 fully saturated rings. The van der Waals surface area contributed by atoms with Crippen LogP contribution in [0.2, 0.25) is 0 Å². The van der Waals surface area contributed by atoms with Gasteiger partial charge in [0.1, 0.15) is 11.8 Å². The predicted octanol–water partition coefficient (Wildman–Crippen LogP) is 2.21. The van der Waals surface area contributed by atoms with Gasteiger partial charge in [-0.15, -0.1) is 0 Å². The summed E-state index contributed by atoms with van der Waals surface area (Å²) in [5, 5.41) is 5.46. The molecule has 1 atom stereocenters. The first-order valence-electron chi connectivity index (χ1n) is 11.5. The number of amides is 4. The van der Waals surface area contributed by atoms with E-state index in [0.717, 1.165) is 35.5 Å². The van der Waals surface area contributed by atoms with Crippen molar-refractivity contribution in [1.82, 2.24) is 10.2 Å². The van der Waals surface area contributed by atoms with E-state index in [0.29, 0.717) is 25.4 Å². The van der Waals surface area contributed by atoms with Crippen LogP contribution in [0.15, 0.2) is 42.5 Å². The van der Waals surface area contributed by atoms with E-state index in [1.54, 1.807) is 18.2 Å². The third-order valence-electron chi connectivity index (χ3n) is 6.01. The normalized spacial score (nSPS) is 17.6. The van der Waals surface area contributed by atoms with Crippen LogP contribution in [0.5, 0.6) is 5.75 Å². The second-order valence-electron chi connectivity index (χ2n) is 8.36. The Kier molecular flexibility index (Phi) is 7.22. The highest BCUT2D eigenvalue weighted by Crippen LogP contribution is 2.32. The number of benzene rings is 2. The number of nitrogens with two attached hydrogens (primary N) is 1. The van der Waals surface area contributed by atoms with Crippen molar-refractivity contribution in [1.29, 1.82) is 0 Å². The number of fused-ring (bicyclic) bond motifs is 1. The third kappa shape index (κ3) is 4.94. The number of ether oxygens (including phenoxy) is 1. The summed E-state index contributed by atoms with van der Waals surface area (Å²) in [5.74, 6) is -1.21. The van der Waals surface area contributed by atoms with Crippen LogP contribution in [0, 0.1) is 0 Å². The summed E-state index contributed by atoms with van der Waals surface area (Å²) in [4.78, 5) is 50.6. The maximum atomic E-state index is 13.1. The predicted molar refractivity (Wildman–Crippen MR) is 125 cm³/mol. The summed E-state index contributed by atoms with van der Waals surface area (Å²) >= 11 is 0. The maximum absolute atomic E-state index is 13.1. The second kappa shape index (κ2) is 10.5. The number of hydrogen-bond donors (Lipinski definition) is 3. The van der Waals surface area contributed by atoms with Crippen molar-refractivity contribution < 1.29 is 23.9 Å². The average molecular weight is 465 g/mol. The Balaban J connectivity index is 1.28. The number of carbonyl (C=O) groups is 4. The summed E-state index contributed by atoms with van der Waals surface area (Å²) in [6.45, 7) is 1.70. The molecule has 0 radical (unpaired) electrons. The molecule has 0 spiro atoms. The van der Waals surface area contributed by atoms with Crippen LogP contribution in [-0.4, -0.2) is 47.7 Å². The first kappa shape index (κ1) is 23.4. The number of nitrogens with zero attached hydrogens (tertiary/aromatic N) is 1. The van der Waals surface area contributed by atoms with Crippen molar-refractivity contribution >= 4 is 29.3 Å². The topological polar surface area (TPSA) is 131 Å². The summed E-state index contributed by atoms with van der Waals surface area (Å²) < 4.78 is 5.77. The highest BCUT2D eigenvalue weighted by molar-refractivity contribution is 6.25. The second-order valence-corrected chi connectivity index (χ2v) is 8.36. The van der Waals surface area contributed by atoms with Crippen molar-refractivity contribution in [3.63, 3.8) is 0 Å². The van der Waals surface area contributed by atoms with Crippen molar-refractivity contribution in [2.45, 2.75) is 44.7 Å². The zero-order chi connectivity index (χ0) is 24.1. The quantitative estimate of drug-likeness (QED) is 0.363. The Labute approximate surface area is 197 Å². The van der Waals surface area contributed by atoms with Gasteiger partial charge in [-0.3, -0.25) is 29.4 Å². The molecule has 2 aliphatic rings. The fraction of sp³-hybridized carbons (Fsp3) is 0.360. The number of hydrogen-bond acceptors (Lipinski definition) is 7. The SMILES string of the molecule is NCc1cccc(OCCCCCNc2cccc3c2C(=O)N(C2CCC(=O)NC2=O)C3=O)c1. The van der Waals surface area contributed by atoms with Gasteiger partial charge in [-0.1, -0.05) is 18.2 Å². The molecule has 9 nitrogen and oxygen atoms in total. The lowest BCUT2D eigenvalue weighted by molar-refractivity contribution is -0.136. The number of carbonyl (C=O) groups excluding carboxylic acids is 4. The lowest BCUT2D eigenvalue weighted by atomic mass is 10.0. The fourth-order valence-corrected chi connectivity index (χ4v) is 4.24. The number of imide groups is 2. The first-order valence-corrected chi connectivity index (χ1v) is 11.5. The van der Waals surface area contributed by atoms with Crippen LogP contribution >= 0.6 is 0 Å². The molecule has 0 saturated carbocycles. The molecule has 2 aliphatic heterocycles. The van der Waals surface area contributed by atoms with Crippen LogP contribution in [0.25, 0.3) is 0 Å². The molecule has 34 heavy (non-hydrogen) atoms. The van der Waals surface area contributed by atoms with E-state index >= 15 is 0 Å². The van der Waals surface area contributed by atoms with Gasteiger partial charge < -0.3 is 15.8 Å².